The van der Waals surface area contributed by atoms with Gasteiger partial charge in [0.15, 0.2) is 0 Å². The van der Waals surface area contributed by atoms with Crippen LogP contribution in [0.5, 0.6) is 0 Å². The first kappa shape index (κ1) is 19.5. The lowest BCUT2D eigenvalue weighted by Crippen LogP contribution is -2.42. The molecule has 1 aliphatic rings. The Labute approximate surface area is 180 Å². The maximum atomic E-state index is 13.3. The lowest BCUT2D eigenvalue weighted by atomic mass is 10.1. The Morgan fingerprint density at radius 2 is 1.57 bits per heavy atom. The Hall–Kier alpha value is -2.51. The second-order valence-electron chi connectivity index (χ2n) is 7.30. The molecule has 0 bridgehead atoms. The van der Waals surface area contributed by atoms with Crippen LogP contribution in [-0.2, 0) is 14.8 Å². The third kappa shape index (κ3) is 3.56. The molecular formula is C24H21NO3S2. The summed E-state index contributed by atoms with van der Waals surface area (Å²) in [7, 11) is -3.58. The smallest absolute Gasteiger partial charge is 0.243 e. The molecule has 0 unspecified atom stereocenters. The highest BCUT2D eigenvalue weighted by molar-refractivity contribution is 7.89. The largest absolute Gasteiger partial charge is 0.371 e. The number of thiophene rings is 1. The van der Waals surface area contributed by atoms with E-state index < -0.39 is 10.0 Å². The van der Waals surface area contributed by atoms with Gasteiger partial charge in [-0.05, 0) is 40.1 Å². The van der Waals surface area contributed by atoms with Crippen LogP contribution in [0.25, 0.3) is 21.2 Å². The summed E-state index contributed by atoms with van der Waals surface area (Å²) < 4.78 is 35.3. The molecule has 0 amide bonds. The zero-order valence-electron chi connectivity index (χ0n) is 16.3. The van der Waals surface area contributed by atoms with E-state index in [-0.39, 0.29) is 6.10 Å². The highest BCUT2D eigenvalue weighted by Gasteiger charge is 2.32. The summed E-state index contributed by atoms with van der Waals surface area (Å²) >= 11 is 1.66. The van der Waals surface area contributed by atoms with Crippen molar-refractivity contribution in [2.45, 2.75) is 11.0 Å². The van der Waals surface area contributed by atoms with Crippen LogP contribution in [0.15, 0.2) is 89.1 Å². The number of sulfonamides is 1. The number of nitrogens with zero attached hydrogens (tertiary/aromatic N) is 1. The van der Waals surface area contributed by atoms with Crippen LogP contribution in [-0.4, -0.2) is 32.4 Å². The van der Waals surface area contributed by atoms with Crippen molar-refractivity contribution in [3.05, 3.63) is 89.8 Å². The molecule has 2 heterocycles. The summed E-state index contributed by atoms with van der Waals surface area (Å²) in [5.41, 5.74) is 3.13. The molecule has 152 valence electrons. The van der Waals surface area contributed by atoms with E-state index in [1.54, 1.807) is 27.8 Å². The van der Waals surface area contributed by atoms with Crippen molar-refractivity contribution in [3.8, 4) is 11.1 Å². The van der Waals surface area contributed by atoms with Crippen molar-refractivity contribution < 1.29 is 13.2 Å². The second kappa shape index (κ2) is 7.96. The molecule has 0 spiro atoms. The first-order valence-electron chi connectivity index (χ1n) is 9.86. The standard InChI is InChI=1S/C24H21NO3S2/c26-30(27,20-12-10-19(11-13-20)18-6-2-1-3-7-18)25-14-15-28-23(16-25)22-17-29-24-9-5-4-8-21(22)24/h1-13,17,23H,14-16H2/t23-/m0/s1. The zero-order valence-corrected chi connectivity index (χ0v) is 17.9. The first-order valence-corrected chi connectivity index (χ1v) is 12.2. The molecule has 4 nitrogen and oxygen atoms in total. The van der Waals surface area contributed by atoms with Crippen molar-refractivity contribution in [2.75, 3.05) is 19.7 Å². The molecule has 4 aromatic rings. The van der Waals surface area contributed by atoms with E-state index in [0.29, 0.717) is 24.6 Å². The highest BCUT2D eigenvalue weighted by atomic mass is 32.2. The molecule has 1 aromatic heterocycles. The van der Waals surface area contributed by atoms with E-state index in [1.165, 1.54) is 4.70 Å². The molecule has 5 rings (SSSR count). The molecule has 1 aliphatic heterocycles. The minimum atomic E-state index is -3.58. The van der Waals surface area contributed by atoms with Crippen LogP contribution < -0.4 is 0 Å². The van der Waals surface area contributed by atoms with E-state index in [4.69, 9.17) is 4.74 Å². The quantitative estimate of drug-likeness (QED) is 0.435. The van der Waals surface area contributed by atoms with E-state index in [9.17, 15) is 8.42 Å². The van der Waals surface area contributed by atoms with E-state index >= 15 is 0 Å². The summed E-state index contributed by atoms with van der Waals surface area (Å²) in [6.07, 6.45) is -0.256. The Morgan fingerprint density at radius 3 is 2.37 bits per heavy atom. The van der Waals surface area contributed by atoms with Gasteiger partial charge in [-0.25, -0.2) is 8.42 Å². The van der Waals surface area contributed by atoms with Crippen molar-refractivity contribution in [2.24, 2.45) is 0 Å². The average Bonchev–Trinajstić information content (AvgIpc) is 3.24. The predicted octanol–water partition coefficient (Wildman–Crippen LogP) is 5.33. The normalized spacial score (nSPS) is 17.9. The zero-order chi connectivity index (χ0) is 20.6. The first-order chi connectivity index (χ1) is 14.6. The molecule has 0 saturated carbocycles. The van der Waals surface area contributed by atoms with Crippen molar-refractivity contribution in [1.82, 2.24) is 4.31 Å². The fourth-order valence-electron chi connectivity index (χ4n) is 3.88. The summed E-state index contributed by atoms with van der Waals surface area (Å²) in [4.78, 5) is 0.318. The summed E-state index contributed by atoms with van der Waals surface area (Å²) in [5, 5.41) is 3.22. The van der Waals surface area contributed by atoms with Crippen LogP contribution in [0, 0.1) is 0 Å². The van der Waals surface area contributed by atoms with E-state index in [1.807, 2.05) is 54.6 Å². The van der Waals surface area contributed by atoms with Gasteiger partial charge in [0.05, 0.1) is 17.6 Å². The van der Waals surface area contributed by atoms with E-state index in [0.717, 1.165) is 22.1 Å². The van der Waals surface area contributed by atoms with Crippen LogP contribution in [0.3, 0.4) is 0 Å². The average molecular weight is 436 g/mol. The maximum Gasteiger partial charge on any atom is 0.243 e. The SMILES string of the molecule is O=S(=O)(c1ccc(-c2ccccc2)cc1)N1CCO[C@H](c2csc3ccccc23)C1. The number of ether oxygens (including phenoxy) is 1. The monoisotopic (exact) mass is 435 g/mol. The number of benzene rings is 3. The van der Waals surface area contributed by atoms with Gasteiger partial charge in [0.2, 0.25) is 10.0 Å². The summed E-state index contributed by atoms with van der Waals surface area (Å²) in [5.74, 6) is 0. The Kier molecular flexibility index (Phi) is 5.16. The Bertz CT molecular complexity index is 1260. The third-order valence-corrected chi connectivity index (χ3v) is 8.35. The topological polar surface area (TPSA) is 46.6 Å². The molecule has 6 heteroatoms. The van der Waals surface area contributed by atoms with Gasteiger partial charge in [0, 0.05) is 23.4 Å². The molecule has 3 aromatic carbocycles. The molecule has 1 atom stereocenters. The molecule has 0 N–H and O–H groups in total. The van der Waals surface area contributed by atoms with Crippen LogP contribution in [0.4, 0.5) is 0 Å². The van der Waals surface area contributed by atoms with Gasteiger partial charge in [-0.3, -0.25) is 0 Å². The van der Waals surface area contributed by atoms with Gasteiger partial charge in [0.25, 0.3) is 0 Å². The second-order valence-corrected chi connectivity index (χ2v) is 10.1. The van der Waals surface area contributed by atoms with Crippen LogP contribution in [0.2, 0.25) is 0 Å². The Balaban J connectivity index is 1.40. The fourth-order valence-corrected chi connectivity index (χ4v) is 6.31. The molecular weight excluding hydrogens is 414 g/mol. The van der Waals surface area contributed by atoms with Crippen molar-refractivity contribution >= 4 is 31.4 Å². The van der Waals surface area contributed by atoms with Gasteiger partial charge in [-0.1, -0.05) is 60.7 Å². The number of morpholine rings is 1. The third-order valence-electron chi connectivity index (χ3n) is 5.49. The minimum absolute atomic E-state index is 0.256. The number of hydrogen-bond acceptors (Lipinski definition) is 4. The lowest BCUT2D eigenvalue weighted by Gasteiger charge is -2.32. The summed E-state index contributed by atoms with van der Waals surface area (Å²) in [6.45, 7) is 1.07. The van der Waals surface area contributed by atoms with Crippen molar-refractivity contribution in [1.29, 1.82) is 0 Å². The van der Waals surface area contributed by atoms with Gasteiger partial charge >= 0.3 is 0 Å². The van der Waals surface area contributed by atoms with Crippen LogP contribution in [0.1, 0.15) is 11.7 Å². The van der Waals surface area contributed by atoms with Gasteiger partial charge in [-0.2, -0.15) is 4.31 Å². The number of fused-ring (bicyclic) bond motifs is 1. The fraction of sp³-hybridized carbons (Fsp3) is 0.167. The predicted molar refractivity (Wildman–Crippen MR) is 121 cm³/mol. The molecule has 1 fully saturated rings. The van der Waals surface area contributed by atoms with Crippen LogP contribution >= 0.6 is 11.3 Å². The molecule has 0 aliphatic carbocycles. The van der Waals surface area contributed by atoms with Gasteiger partial charge in [0.1, 0.15) is 0 Å². The molecule has 30 heavy (non-hydrogen) atoms. The summed E-state index contributed by atoms with van der Waals surface area (Å²) in [6, 6.07) is 25.2. The van der Waals surface area contributed by atoms with Gasteiger partial charge < -0.3 is 4.74 Å². The number of rotatable bonds is 4. The maximum absolute atomic E-state index is 13.3. The van der Waals surface area contributed by atoms with Crippen molar-refractivity contribution in [3.63, 3.8) is 0 Å². The molecule has 1 saturated heterocycles. The Morgan fingerprint density at radius 1 is 0.867 bits per heavy atom. The van der Waals surface area contributed by atoms with Gasteiger partial charge in [-0.15, -0.1) is 11.3 Å². The molecule has 0 radical (unpaired) electrons. The lowest BCUT2D eigenvalue weighted by molar-refractivity contribution is -0.00154. The highest BCUT2D eigenvalue weighted by Crippen LogP contribution is 2.35. The van der Waals surface area contributed by atoms with E-state index in [2.05, 4.69) is 17.5 Å². The minimum Gasteiger partial charge on any atom is -0.371 e. The number of hydrogen-bond donors (Lipinski definition) is 0.